The Kier molecular flexibility index (Phi) is 4.42. The summed E-state index contributed by atoms with van der Waals surface area (Å²) in [7, 11) is 3.82. The zero-order valence-corrected chi connectivity index (χ0v) is 11.8. The van der Waals surface area contributed by atoms with Crippen molar-refractivity contribution in [3.05, 3.63) is 59.4 Å². The Morgan fingerprint density at radius 2 is 2.00 bits per heavy atom. The minimum absolute atomic E-state index is 0.0240. The standard InChI is InChI=1S/C16H16FNO3/c1-18(2)13-4-3-5-14(9-13)21-10-12-8-11(16(19)20)6-7-15(12)17/h3-9H,10H2,1-2H3,(H,19,20). The molecule has 5 heteroatoms. The average molecular weight is 289 g/mol. The van der Waals surface area contributed by atoms with Gasteiger partial charge in [-0.1, -0.05) is 6.07 Å². The summed E-state index contributed by atoms with van der Waals surface area (Å²) in [5.41, 5.74) is 1.22. The molecule has 0 aliphatic carbocycles. The maximum Gasteiger partial charge on any atom is 0.335 e. The van der Waals surface area contributed by atoms with Crippen LogP contribution in [0.25, 0.3) is 0 Å². The number of anilines is 1. The summed E-state index contributed by atoms with van der Waals surface area (Å²) in [6.45, 7) is -0.0240. The molecule has 0 amide bonds. The number of carboxylic acid groups (broad SMARTS) is 1. The monoisotopic (exact) mass is 289 g/mol. The van der Waals surface area contributed by atoms with Crippen molar-refractivity contribution < 1.29 is 19.0 Å². The first kappa shape index (κ1) is 14.8. The van der Waals surface area contributed by atoms with Gasteiger partial charge in [0.1, 0.15) is 18.2 Å². The summed E-state index contributed by atoms with van der Waals surface area (Å²) in [4.78, 5) is 12.8. The molecule has 0 aliphatic rings. The van der Waals surface area contributed by atoms with Crippen molar-refractivity contribution in [3.63, 3.8) is 0 Å². The van der Waals surface area contributed by atoms with Gasteiger partial charge in [0.05, 0.1) is 5.56 Å². The second-order valence-electron chi connectivity index (χ2n) is 4.79. The van der Waals surface area contributed by atoms with Crippen LogP contribution in [0.3, 0.4) is 0 Å². The van der Waals surface area contributed by atoms with Gasteiger partial charge >= 0.3 is 5.97 Å². The van der Waals surface area contributed by atoms with E-state index in [4.69, 9.17) is 9.84 Å². The highest BCUT2D eigenvalue weighted by molar-refractivity contribution is 5.87. The summed E-state index contributed by atoms with van der Waals surface area (Å²) in [6, 6.07) is 11.0. The van der Waals surface area contributed by atoms with Crippen LogP contribution in [-0.2, 0) is 6.61 Å². The lowest BCUT2D eigenvalue weighted by molar-refractivity contribution is 0.0696. The zero-order valence-electron chi connectivity index (χ0n) is 11.8. The molecule has 110 valence electrons. The van der Waals surface area contributed by atoms with Crippen molar-refractivity contribution >= 4 is 11.7 Å². The highest BCUT2D eigenvalue weighted by Crippen LogP contribution is 2.21. The van der Waals surface area contributed by atoms with Crippen LogP contribution in [0.2, 0.25) is 0 Å². The van der Waals surface area contributed by atoms with E-state index in [2.05, 4.69) is 0 Å². The molecule has 0 heterocycles. The van der Waals surface area contributed by atoms with Gasteiger partial charge in [-0.25, -0.2) is 9.18 Å². The van der Waals surface area contributed by atoms with E-state index in [0.29, 0.717) is 5.75 Å². The Hall–Kier alpha value is -2.56. The Morgan fingerprint density at radius 1 is 1.24 bits per heavy atom. The van der Waals surface area contributed by atoms with Crippen LogP contribution in [0.15, 0.2) is 42.5 Å². The lowest BCUT2D eigenvalue weighted by Gasteiger charge is -2.14. The quantitative estimate of drug-likeness (QED) is 0.918. The van der Waals surface area contributed by atoms with Crippen LogP contribution >= 0.6 is 0 Å². The molecule has 0 saturated carbocycles. The number of benzene rings is 2. The molecule has 0 aliphatic heterocycles. The Bertz CT molecular complexity index is 656. The fraction of sp³-hybridized carbons (Fsp3) is 0.188. The lowest BCUT2D eigenvalue weighted by atomic mass is 10.1. The van der Waals surface area contributed by atoms with Crippen LogP contribution < -0.4 is 9.64 Å². The second-order valence-corrected chi connectivity index (χ2v) is 4.79. The normalized spacial score (nSPS) is 10.2. The molecule has 1 N–H and O–H groups in total. The molecule has 0 unspecified atom stereocenters. The molecule has 4 nitrogen and oxygen atoms in total. The summed E-state index contributed by atoms with van der Waals surface area (Å²) >= 11 is 0. The number of carbonyl (C=O) groups is 1. The number of carboxylic acids is 1. The molecule has 0 radical (unpaired) electrons. The minimum atomic E-state index is -1.09. The van der Waals surface area contributed by atoms with E-state index in [1.807, 2.05) is 37.2 Å². The van der Waals surface area contributed by atoms with Gasteiger partial charge in [-0.15, -0.1) is 0 Å². The van der Waals surface area contributed by atoms with Crippen molar-refractivity contribution in [2.24, 2.45) is 0 Å². The summed E-state index contributed by atoms with van der Waals surface area (Å²) in [5, 5.41) is 8.91. The van der Waals surface area contributed by atoms with Crippen LogP contribution in [0.1, 0.15) is 15.9 Å². The average Bonchev–Trinajstić information content (AvgIpc) is 2.46. The molecule has 0 spiro atoms. The number of halogens is 1. The van der Waals surface area contributed by atoms with Gasteiger partial charge in [-0.2, -0.15) is 0 Å². The molecule has 2 rings (SSSR count). The third-order valence-corrected chi connectivity index (χ3v) is 3.02. The smallest absolute Gasteiger partial charge is 0.335 e. The van der Waals surface area contributed by atoms with Gasteiger partial charge in [0.25, 0.3) is 0 Å². The van der Waals surface area contributed by atoms with Crippen molar-refractivity contribution in [2.75, 3.05) is 19.0 Å². The minimum Gasteiger partial charge on any atom is -0.489 e. The first-order chi connectivity index (χ1) is 9.97. The van der Waals surface area contributed by atoms with Gasteiger partial charge in [-0.3, -0.25) is 0 Å². The highest BCUT2D eigenvalue weighted by Gasteiger charge is 2.09. The zero-order chi connectivity index (χ0) is 15.4. The second kappa shape index (κ2) is 6.26. The maximum atomic E-state index is 13.7. The number of rotatable bonds is 5. The third kappa shape index (κ3) is 3.72. The molecule has 21 heavy (non-hydrogen) atoms. The molecule has 0 atom stereocenters. The molecule has 2 aromatic rings. The molecule has 0 fully saturated rings. The number of ether oxygens (including phenoxy) is 1. The Balaban J connectivity index is 2.14. The van der Waals surface area contributed by atoms with Gasteiger partial charge in [0, 0.05) is 31.4 Å². The van der Waals surface area contributed by atoms with Crippen molar-refractivity contribution in [2.45, 2.75) is 6.61 Å². The fourth-order valence-electron chi connectivity index (χ4n) is 1.83. The van der Waals surface area contributed by atoms with E-state index < -0.39 is 11.8 Å². The first-order valence-corrected chi connectivity index (χ1v) is 6.39. The van der Waals surface area contributed by atoms with Crippen LogP contribution in [0, 0.1) is 5.82 Å². The lowest BCUT2D eigenvalue weighted by Crippen LogP contribution is -2.08. The fourth-order valence-corrected chi connectivity index (χ4v) is 1.83. The number of aromatic carboxylic acids is 1. The Labute approximate surface area is 122 Å². The SMILES string of the molecule is CN(C)c1cccc(OCc2cc(C(=O)O)ccc2F)c1. The largest absolute Gasteiger partial charge is 0.489 e. The van der Waals surface area contributed by atoms with Crippen LogP contribution in [0.5, 0.6) is 5.75 Å². The van der Waals surface area contributed by atoms with E-state index in [-0.39, 0.29) is 17.7 Å². The number of hydrogen-bond acceptors (Lipinski definition) is 3. The van der Waals surface area contributed by atoms with Crippen molar-refractivity contribution in [1.82, 2.24) is 0 Å². The summed E-state index contributed by atoms with van der Waals surface area (Å²) in [5.74, 6) is -0.976. The van der Waals surface area contributed by atoms with Gasteiger partial charge < -0.3 is 14.7 Å². The van der Waals surface area contributed by atoms with Gasteiger partial charge in [-0.05, 0) is 30.3 Å². The molecular weight excluding hydrogens is 273 g/mol. The molecule has 0 aromatic heterocycles. The predicted octanol–water partition coefficient (Wildman–Crippen LogP) is 3.17. The topological polar surface area (TPSA) is 49.8 Å². The first-order valence-electron chi connectivity index (χ1n) is 6.39. The number of hydrogen-bond donors (Lipinski definition) is 1. The number of nitrogens with zero attached hydrogens (tertiary/aromatic N) is 1. The van der Waals surface area contributed by atoms with E-state index >= 15 is 0 Å². The highest BCUT2D eigenvalue weighted by atomic mass is 19.1. The molecule has 0 bridgehead atoms. The van der Waals surface area contributed by atoms with Gasteiger partial charge in [0.15, 0.2) is 0 Å². The van der Waals surface area contributed by atoms with Crippen LogP contribution in [-0.4, -0.2) is 25.2 Å². The maximum absolute atomic E-state index is 13.7. The Morgan fingerprint density at radius 3 is 2.67 bits per heavy atom. The van der Waals surface area contributed by atoms with Crippen LogP contribution in [0.4, 0.5) is 10.1 Å². The summed E-state index contributed by atoms with van der Waals surface area (Å²) < 4.78 is 19.2. The van der Waals surface area contributed by atoms with E-state index in [0.717, 1.165) is 11.8 Å². The molecular formula is C16H16FNO3. The third-order valence-electron chi connectivity index (χ3n) is 3.02. The van der Waals surface area contributed by atoms with Crippen molar-refractivity contribution in [1.29, 1.82) is 0 Å². The predicted molar refractivity (Wildman–Crippen MR) is 78.5 cm³/mol. The van der Waals surface area contributed by atoms with E-state index in [1.165, 1.54) is 12.1 Å². The summed E-state index contributed by atoms with van der Waals surface area (Å²) in [6.07, 6.45) is 0. The molecule has 0 saturated heterocycles. The van der Waals surface area contributed by atoms with E-state index in [1.54, 1.807) is 6.07 Å². The molecule has 2 aromatic carbocycles. The van der Waals surface area contributed by atoms with Gasteiger partial charge in [0.2, 0.25) is 0 Å². The van der Waals surface area contributed by atoms with Crippen molar-refractivity contribution in [3.8, 4) is 5.75 Å². The van der Waals surface area contributed by atoms with E-state index in [9.17, 15) is 9.18 Å².